The SMILES string of the molecule is Cc1cc(C)cc(C2(O)CCN(C)C(C)C2)c1. The number of piperidine rings is 1. The maximum Gasteiger partial charge on any atom is 0.0923 e. The zero-order chi connectivity index (χ0) is 12.6. The highest BCUT2D eigenvalue weighted by atomic mass is 16.3. The van der Waals surface area contributed by atoms with Crippen LogP contribution in [0.4, 0.5) is 0 Å². The molecular formula is C15H23NO. The Labute approximate surface area is 104 Å². The van der Waals surface area contributed by atoms with Gasteiger partial charge in [0.05, 0.1) is 5.60 Å². The molecule has 2 atom stereocenters. The summed E-state index contributed by atoms with van der Waals surface area (Å²) in [7, 11) is 2.13. The van der Waals surface area contributed by atoms with Gasteiger partial charge in [-0.25, -0.2) is 0 Å². The molecule has 1 N–H and O–H groups in total. The van der Waals surface area contributed by atoms with E-state index in [1.807, 2.05) is 0 Å². The van der Waals surface area contributed by atoms with Gasteiger partial charge in [0.15, 0.2) is 0 Å². The minimum atomic E-state index is -0.636. The molecule has 2 heteroatoms. The van der Waals surface area contributed by atoms with Crippen molar-refractivity contribution in [1.29, 1.82) is 0 Å². The first-order chi connectivity index (χ1) is 7.90. The summed E-state index contributed by atoms with van der Waals surface area (Å²) in [5, 5.41) is 10.9. The minimum Gasteiger partial charge on any atom is -0.385 e. The van der Waals surface area contributed by atoms with Gasteiger partial charge in [0.25, 0.3) is 0 Å². The summed E-state index contributed by atoms with van der Waals surface area (Å²) in [6.07, 6.45) is 1.66. The number of hydrogen-bond donors (Lipinski definition) is 1. The summed E-state index contributed by atoms with van der Waals surface area (Å²) < 4.78 is 0. The number of aryl methyl sites for hydroxylation is 2. The lowest BCUT2D eigenvalue weighted by molar-refractivity contribution is -0.0409. The minimum absolute atomic E-state index is 0.439. The zero-order valence-corrected chi connectivity index (χ0v) is 11.3. The molecule has 2 unspecified atom stereocenters. The van der Waals surface area contributed by atoms with Gasteiger partial charge >= 0.3 is 0 Å². The van der Waals surface area contributed by atoms with Crippen molar-refractivity contribution in [2.45, 2.75) is 45.3 Å². The normalized spacial score (nSPS) is 30.5. The Hall–Kier alpha value is -0.860. The van der Waals surface area contributed by atoms with E-state index in [2.05, 4.69) is 50.9 Å². The van der Waals surface area contributed by atoms with Crippen molar-refractivity contribution in [2.24, 2.45) is 0 Å². The first-order valence-electron chi connectivity index (χ1n) is 6.42. The second kappa shape index (κ2) is 4.43. The van der Waals surface area contributed by atoms with E-state index >= 15 is 0 Å². The molecule has 1 heterocycles. The summed E-state index contributed by atoms with van der Waals surface area (Å²) in [6.45, 7) is 7.34. The lowest BCUT2D eigenvalue weighted by Gasteiger charge is -2.41. The molecule has 0 aromatic heterocycles. The van der Waals surface area contributed by atoms with Crippen LogP contribution in [0.1, 0.15) is 36.5 Å². The van der Waals surface area contributed by atoms with E-state index in [1.54, 1.807) is 0 Å². The van der Waals surface area contributed by atoms with Crippen molar-refractivity contribution in [2.75, 3.05) is 13.6 Å². The van der Waals surface area contributed by atoms with Gasteiger partial charge in [-0.05, 0) is 46.2 Å². The number of aliphatic hydroxyl groups is 1. The Morgan fingerprint density at radius 1 is 1.24 bits per heavy atom. The van der Waals surface area contributed by atoms with Gasteiger partial charge in [0.1, 0.15) is 0 Å². The Balaban J connectivity index is 2.31. The summed E-state index contributed by atoms with van der Waals surface area (Å²) in [5.41, 5.74) is 2.93. The Morgan fingerprint density at radius 3 is 2.35 bits per heavy atom. The van der Waals surface area contributed by atoms with Crippen LogP contribution in [0.15, 0.2) is 18.2 Å². The predicted octanol–water partition coefficient (Wildman–Crippen LogP) is 2.61. The number of benzene rings is 1. The van der Waals surface area contributed by atoms with Crippen LogP contribution in [0.25, 0.3) is 0 Å². The van der Waals surface area contributed by atoms with Crippen molar-refractivity contribution >= 4 is 0 Å². The number of hydrogen-bond acceptors (Lipinski definition) is 2. The second-order valence-electron chi connectivity index (χ2n) is 5.69. The highest BCUT2D eigenvalue weighted by Gasteiger charge is 2.36. The largest absolute Gasteiger partial charge is 0.385 e. The van der Waals surface area contributed by atoms with E-state index in [9.17, 15) is 5.11 Å². The van der Waals surface area contributed by atoms with Gasteiger partial charge < -0.3 is 10.0 Å². The Bertz CT molecular complexity index is 395. The average Bonchev–Trinajstić information content (AvgIpc) is 2.23. The maximum atomic E-state index is 10.9. The van der Waals surface area contributed by atoms with Crippen molar-refractivity contribution in [3.05, 3.63) is 34.9 Å². The van der Waals surface area contributed by atoms with E-state index in [-0.39, 0.29) is 0 Å². The second-order valence-corrected chi connectivity index (χ2v) is 5.69. The fourth-order valence-corrected chi connectivity index (χ4v) is 2.83. The van der Waals surface area contributed by atoms with E-state index in [1.165, 1.54) is 11.1 Å². The average molecular weight is 233 g/mol. The fourth-order valence-electron chi connectivity index (χ4n) is 2.83. The molecule has 1 fully saturated rings. The van der Waals surface area contributed by atoms with Crippen molar-refractivity contribution in [1.82, 2.24) is 4.90 Å². The molecule has 0 amide bonds. The zero-order valence-electron chi connectivity index (χ0n) is 11.3. The maximum absolute atomic E-state index is 10.9. The molecule has 2 rings (SSSR count). The highest BCUT2D eigenvalue weighted by Crippen LogP contribution is 2.35. The third-order valence-electron chi connectivity index (χ3n) is 4.02. The van der Waals surface area contributed by atoms with Gasteiger partial charge in [-0.1, -0.05) is 29.3 Å². The standard InChI is InChI=1S/C15H23NO/c1-11-7-12(2)9-14(8-11)15(17)5-6-16(4)13(3)10-15/h7-9,13,17H,5-6,10H2,1-4H3. The van der Waals surface area contributed by atoms with E-state index in [4.69, 9.17) is 0 Å². The van der Waals surface area contributed by atoms with Gasteiger partial charge in [0.2, 0.25) is 0 Å². The number of rotatable bonds is 1. The first-order valence-corrected chi connectivity index (χ1v) is 6.42. The summed E-state index contributed by atoms with van der Waals surface area (Å²) in [6, 6.07) is 6.86. The smallest absolute Gasteiger partial charge is 0.0923 e. The predicted molar refractivity (Wildman–Crippen MR) is 71.1 cm³/mol. The molecule has 1 aliphatic rings. The molecule has 0 radical (unpaired) electrons. The number of likely N-dealkylation sites (tertiary alicyclic amines) is 1. The van der Waals surface area contributed by atoms with Crippen LogP contribution in [0.3, 0.4) is 0 Å². The first kappa shape index (κ1) is 12.6. The van der Waals surface area contributed by atoms with Gasteiger partial charge in [-0.2, -0.15) is 0 Å². The topological polar surface area (TPSA) is 23.5 Å². The van der Waals surface area contributed by atoms with Crippen LogP contribution in [-0.4, -0.2) is 29.6 Å². The van der Waals surface area contributed by atoms with Crippen molar-refractivity contribution < 1.29 is 5.11 Å². The molecule has 0 spiro atoms. The third kappa shape index (κ3) is 2.53. The van der Waals surface area contributed by atoms with Gasteiger partial charge in [-0.15, -0.1) is 0 Å². The lowest BCUT2D eigenvalue weighted by atomic mass is 9.80. The van der Waals surface area contributed by atoms with Crippen LogP contribution >= 0.6 is 0 Å². The molecule has 94 valence electrons. The van der Waals surface area contributed by atoms with Crippen molar-refractivity contribution in [3.8, 4) is 0 Å². The van der Waals surface area contributed by atoms with E-state index in [0.29, 0.717) is 6.04 Å². The fraction of sp³-hybridized carbons (Fsp3) is 0.600. The van der Waals surface area contributed by atoms with Crippen LogP contribution in [0.5, 0.6) is 0 Å². The molecular weight excluding hydrogens is 210 g/mol. The van der Waals surface area contributed by atoms with Crippen molar-refractivity contribution in [3.63, 3.8) is 0 Å². The molecule has 2 nitrogen and oxygen atoms in total. The quantitative estimate of drug-likeness (QED) is 0.806. The molecule has 1 aromatic carbocycles. The van der Waals surface area contributed by atoms with E-state index in [0.717, 1.165) is 24.9 Å². The van der Waals surface area contributed by atoms with Crippen LogP contribution in [-0.2, 0) is 5.60 Å². The highest BCUT2D eigenvalue weighted by molar-refractivity contribution is 5.33. The number of nitrogens with zero attached hydrogens (tertiary/aromatic N) is 1. The summed E-state index contributed by atoms with van der Waals surface area (Å²) in [5.74, 6) is 0. The molecule has 0 saturated carbocycles. The molecule has 1 saturated heterocycles. The van der Waals surface area contributed by atoms with E-state index < -0.39 is 5.60 Å². The molecule has 17 heavy (non-hydrogen) atoms. The third-order valence-corrected chi connectivity index (χ3v) is 4.02. The Kier molecular flexibility index (Phi) is 3.28. The monoisotopic (exact) mass is 233 g/mol. The molecule has 0 bridgehead atoms. The molecule has 0 aliphatic carbocycles. The Morgan fingerprint density at radius 2 is 1.82 bits per heavy atom. The van der Waals surface area contributed by atoms with Gasteiger partial charge in [0, 0.05) is 12.6 Å². The lowest BCUT2D eigenvalue weighted by Crippen LogP contribution is -2.45. The molecule has 1 aromatic rings. The molecule has 1 aliphatic heterocycles. The van der Waals surface area contributed by atoms with Crippen LogP contribution in [0.2, 0.25) is 0 Å². The summed E-state index contributed by atoms with van der Waals surface area (Å²) in [4.78, 5) is 2.32. The van der Waals surface area contributed by atoms with Gasteiger partial charge in [-0.3, -0.25) is 0 Å². The summed E-state index contributed by atoms with van der Waals surface area (Å²) >= 11 is 0. The van der Waals surface area contributed by atoms with Crippen LogP contribution in [0, 0.1) is 13.8 Å². The van der Waals surface area contributed by atoms with Crippen LogP contribution < -0.4 is 0 Å².